The van der Waals surface area contributed by atoms with Gasteiger partial charge in [-0.15, -0.1) is 0 Å². The maximum absolute atomic E-state index is 12.9. The summed E-state index contributed by atoms with van der Waals surface area (Å²) in [7, 11) is 0. The maximum atomic E-state index is 12.9. The molecule has 2 heterocycles. The molecule has 4 aliphatic rings. The Balaban J connectivity index is 1.24. The highest BCUT2D eigenvalue weighted by Gasteiger charge is 2.73. The van der Waals surface area contributed by atoms with E-state index in [9.17, 15) is 19.7 Å². The molecule has 2 aromatic rings. The van der Waals surface area contributed by atoms with Gasteiger partial charge in [-0.3, -0.25) is 19.7 Å². The van der Waals surface area contributed by atoms with Crippen molar-refractivity contribution in [2.75, 3.05) is 0 Å². The van der Waals surface area contributed by atoms with Crippen LogP contribution >= 0.6 is 11.6 Å². The van der Waals surface area contributed by atoms with Crippen LogP contribution in [0.4, 0.5) is 5.69 Å². The Morgan fingerprint density at radius 3 is 2.42 bits per heavy atom. The molecular formula is C22H16ClN3O5. The minimum atomic E-state index is -0.514. The van der Waals surface area contributed by atoms with Gasteiger partial charge in [-0.25, -0.2) is 0 Å². The maximum Gasteiger partial charge on any atom is 0.270 e. The molecule has 1 saturated heterocycles. The summed E-state index contributed by atoms with van der Waals surface area (Å²) >= 11 is 6.16. The monoisotopic (exact) mass is 437 g/mol. The van der Waals surface area contributed by atoms with Gasteiger partial charge in [-0.1, -0.05) is 23.8 Å². The lowest BCUT2D eigenvalue weighted by Crippen LogP contribution is -2.30. The van der Waals surface area contributed by atoms with Crippen LogP contribution in [0.1, 0.15) is 18.6 Å². The van der Waals surface area contributed by atoms with Gasteiger partial charge in [0.25, 0.3) is 17.5 Å². The Kier molecular flexibility index (Phi) is 3.66. The molecule has 2 amide bonds. The minimum Gasteiger partial charge on any atom is -0.455 e. The molecule has 156 valence electrons. The number of nitro benzene ring substituents is 1. The molecule has 1 spiro atoms. The number of imide groups is 1. The number of amides is 2. The number of nitrogens with zero attached hydrogens (tertiary/aromatic N) is 3. The highest BCUT2D eigenvalue weighted by molar-refractivity contribution is 6.33. The minimum absolute atomic E-state index is 0.109. The summed E-state index contributed by atoms with van der Waals surface area (Å²) in [6, 6.07) is 7.28. The van der Waals surface area contributed by atoms with Crippen molar-refractivity contribution in [1.82, 2.24) is 5.01 Å². The Labute approximate surface area is 181 Å². The van der Waals surface area contributed by atoms with E-state index in [0.29, 0.717) is 22.1 Å². The van der Waals surface area contributed by atoms with Crippen LogP contribution in [0.15, 0.2) is 52.0 Å². The van der Waals surface area contributed by atoms with Crippen molar-refractivity contribution in [2.45, 2.75) is 12.8 Å². The van der Waals surface area contributed by atoms with Crippen LogP contribution in [0.25, 0.3) is 11.3 Å². The van der Waals surface area contributed by atoms with Crippen molar-refractivity contribution < 1.29 is 18.9 Å². The molecular weight excluding hydrogens is 422 g/mol. The predicted molar refractivity (Wildman–Crippen MR) is 110 cm³/mol. The summed E-state index contributed by atoms with van der Waals surface area (Å²) in [5, 5.41) is 16.4. The molecule has 8 nitrogen and oxygen atoms in total. The SMILES string of the molecule is O=C1C2C(C(=O)N1N=Cc1ccc(-c3cc([N+](=O)[O-])ccc3Cl)o1)C1C=CC2C12CC2. The number of carbonyl (C=O) groups is 2. The van der Waals surface area contributed by atoms with Gasteiger partial charge in [0.1, 0.15) is 11.5 Å². The van der Waals surface area contributed by atoms with Crippen molar-refractivity contribution in [1.29, 1.82) is 0 Å². The molecule has 31 heavy (non-hydrogen) atoms. The number of hydrogen-bond acceptors (Lipinski definition) is 6. The lowest BCUT2D eigenvalue weighted by atomic mass is 9.85. The number of non-ortho nitro benzene ring substituents is 1. The van der Waals surface area contributed by atoms with Gasteiger partial charge in [0.15, 0.2) is 0 Å². The Hall–Kier alpha value is -3.26. The third kappa shape index (κ3) is 2.45. The fourth-order valence-electron chi connectivity index (χ4n) is 5.67. The van der Waals surface area contributed by atoms with Crippen molar-refractivity contribution in [2.24, 2.45) is 34.2 Å². The molecule has 1 aromatic carbocycles. The van der Waals surface area contributed by atoms with E-state index in [1.807, 2.05) is 0 Å². The molecule has 2 bridgehead atoms. The van der Waals surface area contributed by atoms with Crippen LogP contribution in [0.5, 0.6) is 0 Å². The van der Waals surface area contributed by atoms with Crippen LogP contribution in [0, 0.1) is 39.2 Å². The average Bonchev–Trinajstić information content (AvgIpc) is 3.03. The van der Waals surface area contributed by atoms with Crippen LogP contribution in [-0.4, -0.2) is 28.0 Å². The second-order valence-electron chi connectivity index (χ2n) is 8.58. The molecule has 6 rings (SSSR count). The summed E-state index contributed by atoms with van der Waals surface area (Å²) in [4.78, 5) is 36.4. The predicted octanol–water partition coefficient (Wildman–Crippen LogP) is 4.04. The summed E-state index contributed by atoms with van der Waals surface area (Å²) in [5.74, 6) is -0.198. The Morgan fingerprint density at radius 2 is 1.81 bits per heavy atom. The molecule has 3 aliphatic carbocycles. The first-order valence-corrected chi connectivity index (χ1v) is 10.4. The molecule has 3 fully saturated rings. The van der Waals surface area contributed by atoms with E-state index >= 15 is 0 Å². The molecule has 1 aliphatic heterocycles. The normalized spacial score (nSPS) is 29.5. The van der Waals surface area contributed by atoms with E-state index in [-0.39, 0.29) is 46.6 Å². The number of benzene rings is 1. The van der Waals surface area contributed by atoms with Crippen molar-refractivity contribution in [3.63, 3.8) is 0 Å². The first kappa shape index (κ1) is 18.5. The molecule has 1 aromatic heterocycles. The topological polar surface area (TPSA) is 106 Å². The van der Waals surface area contributed by atoms with Gasteiger partial charge in [-0.2, -0.15) is 10.1 Å². The lowest BCUT2D eigenvalue weighted by molar-refractivity contribution is -0.384. The van der Waals surface area contributed by atoms with Gasteiger partial charge in [0.05, 0.1) is 28.0 Å². The molecule has 0 radical (unpaired) electrons. The summed E-state index contributed by atoms with van der Waals surface area (Å²) in [5.41, 5.74) is 0.405. The van der Waals surface area contributed by atoms with Crippen LogP contribution in [0.2, 0.25) is 5.02 Å². The number of fused-ring (bicyclic) bond motifs is 3. The third-order valence-corrected chi connectivity index (χ3v) is 7.51. The lowest BCUT2D eigenvalue weighted by Gasteiger charge is -2.18. The molecule has 9 heteroatoms. The second-order valence-corrected chi connectivity index (χ2v) is 8.98. The third-order valence-electron chi connectivity index (χ3n) is 7.18. The summed E-state index contributed by atoms with van der Waals surface area (Å²) in [6.07, 6.45) is 7.70. The first-order chi connectivity index (χ1) is 14.9. The fraction of sp³-hybridized carbons (Fsp3) is 0.318. The molecule has 0 N–H and O–H groups in total. The number of allylic oxidation sites excluding steroid dienone is 2. The van der Waals surface area contributed by atoms with E-state index in [2.05, 4.69) is 17.3 Å². The average molecular weight is 438 g/mol. The van der Waals surface area contributed by atoms with E-state index in [1.165, 1.54) is 24.4 Å². The van der Waals surface area contributed by atoms with E-state index in [0.717, 1.165) is 17.9 Å². The number of nitro groups is 1. The van der Waals surface area contributed by atoms with Gasteiger partial charge in [-0.05, 0) is 48.3 Å². The summed E-state index contributed by atoms with van der Waals surface area (Å²) < 4.78 is 5.69. The van der Waals surface area contributed by atoms with Gasteiger partial charge >= 0.3 is 0 Å². The van der Waals surface area contributed by atoms with Gasteiger partial charge in [0, 0.05) is 17.7 Å². The molecule has 4 atom stereocenters. The highest BCUT2D eigenvalue weighted by atomic mass is 35.5. The van der Waals surface area contributed by atoms with E-state index in [4.69, 9.17) is 16.0 Å². The standard InChI is InChI=1S/C22H16ClN3O5/c23-16-5-1-11(26(29)30)9-13(16)17-6-2-12(31-17)10-24-25-20(27)18-14-3-4-15(19(18)21(25)28)22(14)7-8-22/h1-6,9-10,14-15,18-19H,7-8H2. The number of rotatable bonds is 4. The van der Waals surface area contributed by atoms with E-state index in [1.54, 1.807) is 12.1 Å². The van der Waals surface area contributed by atoms with Crippen LogP contribution in [-0.2, 0) is 9.59 Å². The quantitative estimate of drug-likeness (QED) is 0.236. The highest BCUT2D eigenvalue weighted by Crippen LogP contribution is 2.73. The first-order valence-electron chi connectivity index (χ1n) is 10.0. The smallest absolute Gasteiger partial charge is 0.270 e. The van der Waals surface area contributed by atoms with Crippen LogP contribution in [0.3, 0.4) is 0 Å². The number of halogens is 1. The molecule has 4 unspecified atom stereocenters. The number of carbonyl (C=O) groups excluding carboxylic acids is 2. The van der Waals surface area contributed by atoms with Gasteiger partial charge in [0.2, 0.25) is 0 Å². The Morgan fingerprint density at radius 1 is 1.13 bits per heavy atom. The zero-order valence-corrected chi connectivity index (χ0v) is 16.9. The Bertz CT molecular complexity index is 1190. The summed E-state index contributed by atoms with van der Waals surface area (Å²) in [6.45, 7) is 0. The fourth-order valence-corrected chi connectivity index (χ4v) is 5.88. The van der Waals surface area contributed by atoms with Crippen LogP contribution < -0.4 is 0 Å². The zero-order valence-electron chi connectivity index (χ0n) is 16.1. The van der Waals surface area contributed by atoms with E-state index < -0.39 is 4.92 Å². The number of furan rings is 1. The molecule has 2 saturated carbocycles. The van der Waals surface area contributed by atoms with Crippen molar-refractivity contribution >= 4 is 35.3 Å². The van der Waals surface area contributed by atoms with Crippen molar-refractivity contribution in [3.05, 3.63) is 63.4 Å². The van der Waals surface area contributed by atoms with Crippen molar-refractivity contribution in [3.8, 4) is 11.3 Å². The number of hydrogen-bond donors (Lipinski definition) is 0. The number of hydrazone groups is 1. The largest absolute Gasteiger partial charge is 0.455 e. The zero-order chi connectivity index (χ0) is 21.5. The second kappa shape index (κ2) is 6.13. The van der Waals surface area contributed by atoms with Gasteiger partial charge < -0.3 is 4.42 Å².